The Hall–Kier alpha value is -2.28. The molecule has 3 rings (SSSR count). The summed E-state index contributed by atoms with van der Waals surface area (Å²) in [5, 5.41) is 3.34. The van der Waals surface area contributed by atoms with Crippen LogP contribution in [-0.4, -0.2) is 66.4 Å². The van der Waals surface area contributed by atoms with Crippen LogP contribution < -0.4 is 5.32 Å². The number of hydrogen-bond acceptors (Lipinski definition) is 5. The highest BCUT2D eigenvalue weighted by atomic mass is 16.6. The molecular formula is C20H29N3O4. The van der Waals surface area contributed by atoms with Gasteiger partial charge in [0, 0.05) is 38.6 Å². The van der Waals surface area contributed by atoms with Crippen molar-refractivity contribution in [1.82, 2.24) is 15.1 Å². The third-order valence-corrected chi connectivity index (χ3v) is 4.83. The van der Waals surface area contributed by atoms with E-state index in [2.05, 4.69) is 5.32 Å². The minimum Gasteiger partial charge on any atom is -0.445 e. The van der Waals surface area contributed by atoms with Crippen LogP contribution in [0.4, 0.5) is 9.59 Å². The molecule has 0 radical (unpaired) electrons. The standard InChI is InChI=1S/C20H29N3O4/c1-20(2,3)27-18(24)22-12-16(13-22)17-11-21-9-10-23(17)19(25)26-14-15-7-5-4-6-8-15/h4-8,16-17,21H,9-14H2,1-3H3. The topological polar surface area (TPSA) is 71.1 Å². The summed E-state index contributed by atoms with van der Waals surface area (Å²) in [5.74, 6) is 0.231. The number of likely N-dealkylation sites (tertiary alicyclic amines) is 1. The number of ether oxygens (including phenoxy) is 2. The van der Waals surface area contributed by atoms with Crippen molar-refractivity contribution in [2.75, 3.05) is 32.7 Å². The van der Waals surface area contributed by atoms with Crippen LogP contribution in [0.1, 0.15) is 26.3 Å². The van der Waals surface area contributed by atoms with Crippen LogP contribution in [0.2, 0.25) is 0 Å². The van der Waals surface area contributed by atoms with Gasteiger partial charge in [0.2, 0.25) is 0 Å². The highest BCUT2D eigenvalue weighted by Gasteiger charge is 2.42. The van der Waals surface area contributed by atoms with E-state index in [-0.39, 0.29) is 30.8 Å². The summed E-state index contributed by atoms with van der Waals surface area (Å²) in [6, 6.07) is 9.69. The molecule has 2 fully saturated rings. The molecule has 0 saturated carbocycles. The first-order valence-corrected chi connectivity index (χ1v) is 9.49. The third-order valence-electron chi connectivity index (χ3n) is 4.83. The first-order chi connectivity index (χ1) is 12.8. The maximum atomic E-state index is 12.6. The summed E-state index contributed by atoms with van der Waals surface area (Å²) >= 11 is 0. The molecule has 1 aromatic rings. The minimum atomic E-state index is -0.498. The van der Waals surface area contributed by atoms with Crippen LogP contribution in [0, 0.1) is 5.92 Å². The van der Waals surface area contributed by atoms with E-state index in [1.807, 2.05) is 51.1 Å². The lowest BCUT2D eigenvalue weighted by molar-refractivity contribution is -0.0233. The zero-order valence-corrected chi connectivity index (χ0v) is 16.3. The second kappa shape index (κ2) is 8.17. The Bertz CT molecular complexity index is 653. The van der Waals surface area contributed by atoms with Crippen LogP contribution in [0.3, 0.4) is 0 Å². The number of rotatable bonds is 3. The van der Waals surface area contributed by atoms with Gasteiger partial charge in [0.05, 0.1) is 6.04 Å². The second-order valence-electron chi connectivity index (χ2n) is 8.15. The number of amides is 2. The van der Waals surface area contributed by atoms with E-state index in [9.17, 15) is 9.59 Å². The molecule has 0 spiro atoms. The maximum absolute atomic E-state index is 12.6. The van der Waals surface area contributed by atoms with Gasteiger partial charge >= 0.3 is 12.2 Å². The van der Waals surface area contributed by atoms with Crippen molar-refractivity contribution in [1.29, 1.82) is 0 Å². The number of nitrogens with one attached hydrogen (secondary N) is 1. The van der Waals surface area contributed by atoms with Crippen molar-refractivity contribution >= 4 is 12.2 Å². The number of benzene rings is 1. The lowest BCUT2D eigenvalue weighted by Gasteiger charge is -2.48. The summed E-state index contributed by atoms with van der Waals surface area (Å²) < 4.78 is 10.9. The Balaban J connectivity index is 1.52. The van der Waals surface area contributed by atoms with Crippen molar-refractivity contribution in [2.45, 2.75) is 39.0 Å². The summed E-state index contributed by atoms with van der Waals surface area (Å²) in [5.41, 5.74) is 0.472. The Morgan fingerprint density at radius 2 is 1.85 bits per heavy atom. The van der Waals surface area contributed by atoms with Crippen molar-refractivity contribution in [3.05, 3.63) is 35.9 Å². The molecule has 27 heavy (non-hydrogen) atoms. The predicted octanol–water partition coefficient (Wildman–Crippen LogP) is 2.46. The van der Waals surface area contributed by atoms with Gasteiger partial charge in [0.1, 0.15) is 12.2 Å². The molecule has 7 heteroatoms. The number of carbonyl (C=O) groups excluding carboxylic acids is 2. The van der Waals surface area contributed by atoms with Gasteiger partial charge in [-0.15, -0.1) is 0 Å². The molecular weight excluding hydrogens is 346 g/mol. The normalized spacial score (nSPS) is 20.8. The molecule has 0 aliphatic carbocycles. The monoisotopic (exact) mass is 375 g/mol. The van der Waals surface area contributed by atoms with E-state index in [1.54, 1.807) is 9.80 Å². The molecule has 0 bridgehead atoms. The summed E-state index contributed by atoms with van der Waals surface area (Å²) in [6.07, 6.45) is -0.582. The quantitative estimate of drug-likeness (QED) is 0.879. The first kappa shape index (κ1) is 19.5. The SMILES string of the molecule is CC(C)(C)OC(=O)N1CC(C2CNCCN2C(=O)OCc2ccccc2)C1. The Morgan fingerprint density at radius 3 is 2.52 bits per heavy atom. The molecule has 148 valence electrons. The average molecular weight is 375 g/mol. The molecule has 2 aliphatic heterocycles. The smallest absolute Gasteiger partial charge is 0.410 e. The van der Waals surface area contributed by atoms with Gasteiger partial charge in [-0.25, -0.2) is 9.59 Å². The Morgan fingerprint density at radius 1 is 1.15 bits per heavy atom. The third kappa shape index (κ3) is 5.13. The van der Waals surface area contributed by atoms with Gasteiger partial charge in [-0.2, -0.15) is 0 Å². The average Bonchev–Trinajstić information content (AvgIpc) is 2.58. The molecule has 2 heterocycles. The lowest BCUT2D eigenvalue weighted by atomic mass is 9.89. The zero-order chi connectivity index (χ0) is 19.4. The highest BCUT2D eigenvalue weighted by molar-refractivity contribution is 5.70. The Kier molecular flexibility index (Phi) is 5.89. The maximum Gasteiger partial charge on any atom is 0.410 e. The second-order valence-corrected chi connectivity index (χ2v) is 8.15. The van der Waals surface area contributed by atoms with Crippen LogP contribution in [0.5, 0.6) is 0 Å². The first-order valence-electron chi connectivity index (χ1n) is 9.49. The van der Waals surface area contributed by atoms with Crippen LogP contribution in [0.15, 0.2) is 30.3 Å². The molecule has 0 aromatic heterocycles. The van der Waals surface area contributed by atoms with Gasteiger partial charge in [-0.05, 0) is 26.3 Å². The van der Waals surface area contributed by atoms with E-state index in [4.69, 9.17) is 9.47 Å². The number of carbonyl (C=O) groups is 2. The minimum absolute atomic E-state index is 0.0284. The van der Waals surface area contributed by atoms with Gasteiger partial charge in [-0.3, -0.25) is 0 Å². The fourth-order valence-electron chi connectivity index (χ4n) is 3.41. The largest absolute Gasteiger partial charge is 0.445 e. The molecule has 2 aliphatic rings. The number of piperazine rings is 1. The summed E-state index contributed by atoms with van der Waals surface area (Å²) in [7, 11) is 0. The van der Waals surface area contributed by atoms with Gasteiger partial charge in [0.25, 0.3) is 0 Å². The van der Waals surface area contributed by atoms with Gasteiger partial charge in [-0.1, -0.05) is 30.3 Å². The van der Waals surface area contributed by atoms with Gasteiger partial charge in [0.15, 0.2) is 0 Å². The summed E-state index contributed by atoms with van der Waals surface area (Å²) in [6.45, 7) is 9.12. The fourth-order valence-corrected chi connectivity index (χ4v) is 3.41. The van der Waals surface area contributed by atoms with Crippen molar-refractivity contribution in [3.63, 3.8) is 0 Å². The van der Waals surface area contributed by atoms with Crippen molar-refractivity contribution in [3.8, 4) is 0 Å². The highest BCUT2D eigenvalue weighted by Crippen LogP contribution is 2.26. The molecule has 1 aromatic carbocycles. The van der Waals surface area contributed by atoms with E-state index >= 15 is 0 Å². The van der Waals surface area contributed by atoms with E-state index in [0.717, 1.165) is 12.1 Å². The Labute approximate surface area is 160 Å². The van der Waals surface area contributed by atoms with E-state index in [0.29, 0.717) is 26.2 Å². The molecule has 7 nitrogen and oxygen atoms in total. The van der Waals surface area contributed by atoms with Crippen LogP contribution >= 0.6 is 0 Å². The fraction of sp³-hybridized carbons (Fsp3) is 0.600. The molecule has 2 amide bonds. The van der Waals surface area contributed by atoms with Crippen molar-refractivity contribution in [2.24, 2.45) is 5.92 Å². The van der Waals surface area contributed by atoms with Crippen LogP contribution in [0.25, 0.3) is 0 Å². The number of hydrogen-bond donors (Lipinski definition) is 1. The molecule has 1 unspecified atom stereocenters. The molecule has 1 atom stereocenters. The number of nitrogens with zero attached hydrogens (tertiary/aromatic N) is 2. The van der Waals surface area contributed by atoms with Crippen molar-refractivity contribution < 1.29 is 19.1 Å². The van der Waals surface area contributed by atoms with E-state index < -0.39 is 5.60 Å². The molecule has 1 N–H and O–H groups in total. The predicted molar refractivity (Wildman–Crippen MR) is 101 cm³/mol. The summed E-state index contributed by atoms with van der Waals surface area (Å²) in [4.78, 5) is 28.2. The van der Waals surface area contributed by atoms with Gasteiger partial charge < -0.3 is 24.6 Å². The lowest BCUT2D eigenvalue weighted by Crippen LogP contribution is -2.65. The molecule has 2 saturated heterocycles. The zero-order valence-electron chi connectivity index (χ0n) is 16.3. The van der Waals surface area contributed by atoms with E-state index in [1.165, 1.54) is 0 Å². The van der Waals surface area contributed by atoms with Crippen LogP contribution in [-0.2, 0) is 16.1 Å².